The summed E-state index contributed by atoms with van der Waals surface area (Å²) in [7, 11) is 0. The van der Waals surface area contributed by atoms with Gasteiger partial charge in [-0.05, 0) is 36.8 Å². The van der Waals surface area contributed by atoms with E-state index in [1.54, 1.807) is 37.3 Å². The van der Waals surface area contributed by atoms with E-state index in [9.17, 15) is 9.18 Å². The number of aryl methyl sites for hydroxylation is 1. The molecule has 2 aromatic rings. The number of rotatable bonds is 4. The number of benzene rings is 2. The van der Waals surface area contributed by atoms with Crippen LogP contribution in [0.4, 0.5) is 4.39 Å². The van der Waals surface area contributed by atoms with Crippen LogP contribution in [0.5, 0.6) is 0 Å². The number of carbonyl (C=O) groups is 1. The van der Waals surface area contributed by atoms with Gasteiger partial charge in [-0.2, -0.15) is 0 Å². The van der Waals surface area contributed by atoms with E-state index in [0.717, 1.165) is 5.56 Å². The lowest BCUT2D eigenvalue weighted by Crippen LogP contribution is -2.05. The van der Waals surface area contributed by atoms with Gasteiger partial charge in [0.05, 0.1) is 5.71 Å². The highest BCUT2D eigenvalue weighted by molar-refractivity contribution is 6.13. The molecule has 0 aliphatic carbocycles. The summed E-state index contributed by atoms with van der Waals surface area (Å²) in [4.78, 5) is 11.0. The number of halogens is 1. The second-order valence-electron chi connectivity index (χ2n) is 4.74. The van der Waals surface area contributed by atoms with Crippen LogP contribution in [-0.2, 0) is 0 Å². The van der Waals surface area contributed by atoms with Gasteiger partial charge in [-0.25, -0.2) is 4.39 Å². The van der Waals surface area contributed by atoms with Crippen molar-refractivity contribution in [2.45, 2.75) is 6.92 Å². The van der Waals surface area contributed by atoms with E-state index < -0.39 is 0 Å². The molecule has 4 heteroatoms. The SMILES string of the molecule is Cc1cc(F)cc(/C(N)=C/C(=N)c2ccccc2C=O)c1. The molecule has 0 spiro atoms. The minimum atomic E-state index is -0.374. The van der Waals surface area contributed by atoms with Crippen molar-refractivity contribution in [2.24, 2.45) is 5.73 Å². The Labute approximate surface area is 122 Å². The highest BCUT2D eigenvalue weighted by Gasteiger charge is 2.07. The molecule has 3 N–H and O–H groups in total. The number of allylic oxidation sites excluding steroid dienone is 1. The Kier molecular flexibility index (Phi) is 4.28. The monoisotopic (exact) mass is 282 g/mol. The molecule has 0 amide bonds. The van der Waals surface area contributed by atoms with E-state index in [1.807, 2.05) is 0 Å². The first-order valence-electron chi connectivity index (χ1n) is 6.39. The molecule has 0 aromatic heterocycles. The number of nitrogens with two attached hydrogens (primary N) is 1. The molecule has 0 heterocycles. The van der Waals surface area contributed by atoms with Crippen molar-refractivity contribution in [1.29, 1.82) is 5.41 Å². The van der Waals surface area contributed by atoms with E-state index in [0.29, 0.717) is 23.0 Å². The van der Waals surface area contributed by atoms with Crippen LogP contribution in [0.1, 0.15) is 27.0 Å². The van der Waals surface area contributed by atoms with Crippen molar-refractivity contribution >= 4 is 17.7 Å². The van der Waals surface area contributed by atoms with Crippen LogP contribution in [0.25, 0.3) is 5.70 Å². The Morgan fingerprint density at radius 1 is 1.24 bits per heavy atom. The topological polar surface area (TPSA) is 66.9 Å². The Balaban J connectivity index is 2.38. The summed E-state index contributed by atoms with van der Waals surface area (Å²) in [6.07, 6.45) is 2.12. The first kappa shape index (κ1) is 14.7. The molecule has 0 saturated heterocycles. The first-order chi connectivity index (χ1) is 10.0. The van der Waals surface area contributed by atoms with Gasteiger partial charge in [-0.1, -0.05) is 24.3 Å². The van der Waals surface area contributed by atoms with Gasteiger partial charge in [0, 0.05) is 22.4 Å². The molecule has 21 heavy (non-hydrogen) atoms. The van der Waals surface area contributed by atoms with E-state index >= 15 is 0 Å². The van der Waals surface area contributed by atoms with Crippen LogP contribution >= 0.6 is 0 Å². The molecule has 0 fully saturated rings. The van der Waals surface area contributed by atoms with Crippen molar-refractivity contribution in [1.82, 2.24) is 0 Å². The van der Waals surface area contributed by atoms with Gasteiger partial charge in [0.15, 0.2) is 6.29 Å². The molecule has 3 nitrogen and oxygen atoms in total. The summed E-state index contributed by atoms with van der Waals surface area (Å²) in [5.74, 6) is -0.374. The molecule has 106 valence electrons. The largest absolute Gasteiger partial charge is 0.398 e. The fourth-order valence-electron chi connectivity index (χ4n) is 2.06. The number of hydrogen-bond donors (Lipinski definition) is 2. The Morgan fingerprint density at radius 3 is 2.62 bits per heavy atom. The summed E-state index contributed by atoms with van der Waals surface area (Å²) in [6, 6.07) is 11.2. The maximum absolute atomic E-state index is 13.4. The molecular formula is C17H15FN2O. The third kappa shape index (κ3) is 3.42. The molecule has 0 atom stereocenters. The third-order valence-corrected chi connectivity index (χ3v) is 3.05. The van der Waals surface area contributed by atoms with E-state index in [-0.39, 0.29) is 17.2 Å². The molecule has 0 bridgehead atoms. The maximum Gasteiger partial charge on any atom is 0.150 e. The second-order valence-corrected chi connectivity index (χ2v) is 4.74. The number of aldehydes is 1. The van der Waals surface area contributed by atoms with Crippen LogP contribution in [0.3, 0.4) is 0 Å². The maximum atomic E-state index is 13.4. The Bertz CT molecular complexity index is 715. The molecule has 2 aromatic carbocycles. The van der Waals surface area contributed by atoms with Crippen LogP contribution in [0, 0.1) is 18.2 Å². The Morgan fingerprint density at radius 2 is 1.95 bits per heavy atom. The van der Waals surface area contributed by atoms with Crippen molar-refractivity contribution in [3.63, 3.8) is 0 Å². The summed E-state index contributed by atoms with van der Waals surface area (Å²) in [5, 5.41) is 8.05. The fourth-order valence-corrected chi connectivity index (χ4v) is 2.06. The zero-order valence-corrected chi connectivity index (χ0v) is 11.6. The number of carbonyl (C=O) groups excluding carboxylic acids is 1. The highest BCUT2D eigenvalue weighted by Crippen LogP contribution is 2.16. The molecule has 0 saturated carbocycles. The standard InChI is InChI=1S/C17H15FN2O/c1-11-6-13(8-14(18)7-11)16(19)9-17(20)15-5-3-2-4-12(15)10-21/h2-10,20H,19H2,1H3/b16-9-,20-17?. The average Bonchev–Trinajstić information content (AvgIpc) is 2.46. The quantitative estimate of drug-likeness (QED) is 0.667. The normalized spacial score (nSPS) is 11.2. The van der Waals surface area contributed by atoms with Gasteiger partial charge in [0.1, 0.15) is 5.82 Å². The molecule has 0 unspecified atom stereocenters. The third-order valence-electron chi connectivity index (χ3n) is 3.05. The van der Waals surface area contributed by atoms with Crippen LogP contribution in [-0.4, -0.2) is 12.0 Å². The van der Waals surface area contributed by atoms with Gasteiger partial charge in [0.2, 0.25) is 0 Å². The Hall–Kier alpha value is -2.75. The van der Waals surface area contributed by atoms with Crippen LogP contribution in [0.2, 0.25) is 0 Å². The summed E-state index contributed by atoms with van der Waals surface area (Å²) in [5.41, 5.74) is 8.49. The van der Waals surface area contributed by atoms with Crippen molar-refractivity contribution in [2.75, 3.05) is 0 Å². The molecule has 2 rings (SSSR count). The van der Waals surface area contributed by atoms with Gasteiger partial charge in [-0.15, -0.1) is 0 Å². The zero-order chi connectivity index (χ0) is 15.4. The van der Waals surface area contributed by atoms with Gasteiger partial charge in [0.25, 0.3) is 0 Å². The molecule has 0 aliphatic heterocycles. The lowest BCUT2D eigenvalue weighted by Gasteiger charge is -2.06. The van der Waals surface area contributed by atoms with Crippen molar-refractivity contribution in [3.05, 3.63) is 76.6 Å². The fraction of sp³-hybridized carbons (Fsp3) is 0.0588. The average molecular weight is 282 g/mol. The van der Waals surface area contributed by atoms with E-state index in [1.165, 1.54) is 18.2 Å². The van der Waals surface area contributed by atoms with Crippen molar-refractivity contribution < 1.29 is 9.18 Å². The summed E-state index contributed by atoms with van der Waals surface area (Å²) >= 11 is 0. The zero-order valence-electron chi connectivity index (χ0n) is 11.6. The van der Waals surface area contributed by atoms with Gasteiger partial charge >= 0.3 is 0 Å². The number of nitrogens with one attached hydrogen (secondary N) is 1. The lowest BCUT2D eigenvalue weighted by molar-refractivity contribution is 0.112. The number of hydrogen-bond acceptors (Lipinski definition) is 3. The summed E-state index contributed by atoms with van der Waals surface area (Å²) < 4.78 is 13.4. The lowest BCUT2D eigenvalue weighted by atomic mass is 10.0. The minimum absolute atomic E-state index is 0.108. The van der Waals surface area contributed by atoms with Gasteiger partial charge in [-0.3, -0.25) is 4.79 Å². The molecule has 0 aliphatic rings. The highest BCUT2D eigenvalue weighted by atomic mass is 19.1. The van der Waals surface area contributed by atoms with E-state index in [2.05, 4.69) is 0 Å². The van der Waals surface area contributed by atoms with Crippen LogP contribution < -0.4 is 5.73 Å². The predicted molar refractivity (Wildman–Crippen MR) is 82.0 cm³/mol. The minimum Gasteiger partial charge on any atom is -0.398 e. The summed E-state index contributed by atoms with van der Waals surface area (Å²) in [6.45, 7) is 1.77. The molecular weight excluding hydrogens is 267 g/mol. The molecule has 0 radical (unpaired) electrons. The van der Waals surface area contributed by atoms with Gasteiger partial charge < -0.3 is 11.1 Å². The first-order valence-corrected chi connectivity index (χ1v) is 6.39. The smallest absolute Gasteiger partial charge is 0.150 e. The van der Waals surface area contributed by atoms with E-state index in [4.69, 9.17) is 11.1 Å². The van der Waals surface area contributed by atoms with Crippen molar-refractivity contribution in [3.8, 4) is 0 Å². The second kappa shape index (κ2) is 6.13. The van der Waals surface area contributed by atoms with Crippen LogP contribution in [0.15, 0.2) is 48.5 Å². The predicted octanol–water partition coefficient (Wildman–Crippen LogP) is 3.31.